The second kappa shape index (κ2) is 4.09. The van der Waals surface area contributed by atoms with Crippen LogP contribution in [0.15, 0.2) is 34.9 Å². The summed E-state index contributed by atoms with van der Waals surface area (Å²) in [7, 11) is 1.69. The van der Waals surface area contributed by atoms with Crippen LogP contribution in [0.1, 0.15) is 10.5 Å². The zero-order valence-electron chi connectivity index (χ0n) is 8.51. The lowest BCUT2D eigenvalue weighted by atomic mass is 10.2. The molecule has 0 aliphatic carbocycles. The molecule has 0 spiro atoms. The van der Waals surface area contributed by atoms with Crippen LogP contribution in [0.4, 0.5) is 0 Å². The van der Waals surface area contributed by atoms with Crippen LogP contribution < -0.4 is 0 Å². The van der Waals surface area contributed by atoms with Crippen molar-refractivity contribution in [3.05, 3.63) is 40.6 Å². The molecule has 0 aliphatic heterocycles. The van der Waals surface area contributed by atoms with Crippen LogP contribution in [0.25, 0.3) is 11.4 Å². The lowest BCUT2D eigenvalue weighted by Gasteiger charge is -2.05. The lowest BCUT2D eigenvalue weighted by molar-refractivity contribution is 0.0686. The fourth-order valence-electron chi connectivity index (χ4n) is 1.50. The molecule has 16 heavy (non-hydrogen) atoms. The minimum atomic E-state index is -0.978. The van der Waals surface area contributed by atoms with Gasteiger partial charge < -0.3 is 9.67 Å². The zero-order valence-corrected chi connectivity index (χ0v) is 10.1. The summed E-state index contributed by atoms with van der Waals surface area (Å²) < 4.78 is 2.45. The number of carboxylic acids is 1. The fraction of sp³-hybridized carbons (Fsp3) is 0.0909. The number of nitrogens with zero attached hydrogens (tertiary/aromatic N) is 2. The van der Waals surface area contributed by atoms with Gasteiger partial charge in [0, 0.05) is 17.1 Å². The Morgan fingerprint density at radius 2 is 2.12 bits per heavy atom. The maximum absolute atomic E-state index is 10.9. The summed E-state index contributed by atoms with van der Waals surface area (Å²) in [4.78, 5) is 15.0. The molecule has 0 radical (unpaired) electrons. The normalized spacial score (nSPS) is 10.4. The molecule has 1 aromatic carbocycles. The average molecular weight is 281 g/mol. The monoisotopic (exact) mass is 280 g/mol. The first-order chi connectivity index (χ1) is 7.61. The number of carbonyl (C=O) groups is 1. The zero-order chi connectivity index (χ0) is 11.7. The molecule has 82 valence electrons. The van der Waals surface area contributed by atoms with Crippen LogP contribution in [0.5, 0.6) is 0 Å². The Bertz CT molecular complexity index is 549. The van der Waals surface area contributed by atoms with Gasteiger partial charge in [0.2, 0.25) is 0 Å². The Morgan fingerprint density at radius 3 is 2.69 bits per heavy atom. The summed E-state index contributed by atoms with van der Waals surface area (Å²) in [5.74, 6) is -0.349. The van der Waals surface area contributed by atoms with E-state index in [1.165, 1.54) is 6.20 Å². The Labute approximate surface area is 101 Å². The largest absolute Gasteiger partial charge is 0.477 e. The smallest absolute Gasteiger partial charge is 0.354 e. The highest BCUT2D eigenvalue weighted by Crippen LogP contribution is 2.26. The molecule has 2 aromatic rings. The predicted octanol–water partition coefficient (Wildman–Crippen LogP) is 2.55. The van der Waals surface area contributed by atoms with Crippen molar-refractivity contribution in [2.24, 2.45) is 7.05 Å². The number of hydrogen-bond acceptors (Lipinski definition) is 2. The number of hydrogen-bond donors (Lipinski definition) is 1. The molecule has 5 heteroatoms. The molecule has 2 rings (SSSR count). The second-order valence-corrected chi connectivity index (χ2v) is 4.17. The summed E-state index contributed by atoms with van der Waals surface area (Å²) in [6, 6.07) is 7.56. The van der Waals surface area contributed by atoms with E-state index in [0.29, 0.717) is 5.82 Å². The second-order valence-electron chi connectivity index (χ2n) is 3.31. The molecule has 0 fully saturated rings. The summed E-state index contributed by atoms with van der Waals surface area (Å²) in [6.07, 6.45) is 1.36. The van der Waals surface area contributed by atoms with E-state index in [0.717, 1.165) is 10.0 Å². The van der Waals surface area contributed by atoms with Crippen molar-refractivity contribution in [2.45, 2.75) is 0 Å². The molecule has 0 saturated carbocycles. The van der Waals surface area contributed by atoms with Gasteiger partial charge in [0.15, 0.2) is 0 Å². The third kappa shape index (κ3) is 1.74. The van der Waals surface area contributed by atoms with Crippen molar-refractivity contribution in [2.75, 3.05) is 0 Å². The third-order valence-corrected chi connectivity index (χ3v) is 3.01. The van der Waals surface area contributed by atoms with Gasteiger partial charge in [0.1, 0.15) is 11.5 Å². The summed E-state index contributed by atoms with van der Waals surface area (Å²) in [6.45, 7) is 0. The predicted molar refractivity (Wildman–Crippen MR) is 63.3 cm³/mol. The van der Waals surface area contributed by atoms with E-state index in [1.54, 1.807) is 11.6 Å². The maximum Gasteiger partial charge on any atom is 0.354 e. The standard InChI is InChI=1S/C11H9BrN2O2/c1-14-9(11(15)16)6-13-10(14)7-4-2-3-5-8(7)12/h2-6H,1H3,(H,15,16). The fourth-order valence-corrected chi connectivity index (χ4v) is 1.96. The first kappa shape index (κ1) is 10.9. The molecule has 0 unspecified atom stereocenters. The molecule has 1 N–H and O–H groups in total. The van der Waals surface area contributed by atoms with Crippen LogP contribution in [0.3, 0.4) is 0 Å². The van der Waals surface area contributed by atoms with E-state index in [4.69, 9.17) is 5.11 Å². The minimum absolute atomic E-state index is 0.172. The molecule has 4 nitrogen and oxygen atoms in total. The van der Waals surface area contributed by atoms with Gasteiger partial charge in [-0.25, -0.2) is 9.78 Å². The van der Waals surface area contributed by atoms with Crippen molar-refractivity contribution in [1.82, 2.24) is 9.55 Å². The number of aromatic carboxylic acids is 1. The number of halogens is 1. The highest BCUT2D eigenvalue weighted by molar-refractivity contribution is 9.10. The topological polar surface area (TPSA) is 55.1 Å². The van der Waals surface area contributed by atoms with E-state index < -0.39 is 5.97 Å². The van der Waals surface area contributed by atoms with Gasteiger partial charge in [0.05, 0.1) is 6.20 Å². The van der Waals surface area contributed by atoms with E-state index in [2.05, 4.69) is 20.9 Å². The van der Waals surface area contributed by atoms with Crippen molar-refractivity contribution >= 4 is 21.9 Å². The van der Waals surface area contributed by atoms with Gasteiger partial charge in [-0.1, -0.05) is 34.1 Å². The van der Waals surface area contributed by atoms with E-state index in [1.807, 2.05) is 24.3 Å². The SMILES string of the molecule is Cn1c(C(=O)O)cnc1-c1ccccc1Br. The van der Waals surface area contributed by atoms with Gasteiger partial charge >= 0.3 is 5.97 Å². The van der Waals surface area contributed by atoms with Crippen LogP contribution in [-0.2, 0) is 7.05 Å². The number of rotatable bonds is 2. The van der Waals surface area contributed by atoms with Gasteiger partial charge in [-0.2, -0.15) is 0 Å². The van der Waals surface area contributed by atoms with Crippen molar-refractivity contribution < 1.29 is 9.90 Å². The van der Waals surface area contributed by atoms with Crippen LogP contribution in [-0.4, -0.2) is 20.6 Å². The van der Waals surface area contributed by atoms with Gasteiger partial charge in [0.25, 0.3) is 0 Å². The number of aromatic nitrogens is 2. The highest BCUT2D eigenvalue weighted by Gasteiger charge is 2.14. The van der Waals surface area contributed by atoms with Gasteiger partial charge in [-0.15, -0.1) is 0 Å². The van der Waals surface area contributed by atoms with Crippen molar-refractivity contribution in [3.8, 4) is 11.4 Å². The Morgan fingerprint density at radius 1 is 1.44 bits per heavy atom. The average Bonchev–Trinajstić information content (AvgIpc) is 2.61. The number of imidazole rings is 1. The summed E-state index contributed by atoms with van der Waals surface area (Å²) in [5.41, 5.74) is 1.04. The molecule has 0 atom stereocenters. The molecule has 1 aromatic heterocycles. The summed E-state index contributed by atoms with van der Waals surface area (Å²) in [5, 5.41) is 8.92. The van der Waals surface area contributed by atoms with Crippen molar-refractivity contribution in [3.63, 3.8) is 0 Å². The molecule has 0 bridgehead atoms. The first-order valence-corrected chi connectivity index (χ1v) is 5.40. The Hall–Kier alpha value is -1.62. The van der Waals surface area contributed by atoms with Crippen LogP contribution >= 0.6 is 15.9 Å². The molecule has 0 aliphatic rings. The van der Waals surface area contributed by atoms with E-state index in [9.17, 15) is 4.79 Å². The molecule has 1 heterocycles. The Kier molecular flexibility index (Phi) is 2.78. The van der Waals surface area contributed by atoms with Gasteiger partial charge in [-0.3, -0.25) is 0 Å². The van der Waals surface area contributed by atoms with Crippen LogP contribution in [0, 0.1) is 0 Å². The van der Waals surface area contributed by atoms with E-state index >= 15 is 0 Å². The quantitative estimate of drug-likeness (QED) is 0.920. The third-order valence-electron chi connectivity index (χ3n) is 2.32. The van der Waals surface area contributed by atoms with Crippen molar-refractivity contribution in [1.29, 1.82) is 0 Å². The molecular formula is C11H9BrN2O2. The minimum Gasteiger partial charge on any atom is -0.477 e. The molecular weight excluding hydrogens is 272 g/mol. The van der Waals surface area contributed by atoms with Crippen LogP contribution in [0.2, 0.25) is 0 Å². The number of carboxylic acid groups (broad SMARTS) is 1. The maximum atomic E-state index is 10.9. The Balaban J connectivity index is 2.58. The lowest BCUT2D eigenvalue weighted by Crippen LogP contribution is -2.05. The molecule has 0 saturated heterocycles. The van der Waals surface area contributed by atoms with E-state index in [-0.39, 0.29) is 5.69 Å². The highest BCUT2D eigenvalue weighted by atomic mass is 79.9. The molecule has 0 amide bonds. The number of benzene rings is 1. The first-order valence-electron chi connectivity index (χ1n) is 4.61. The summed E-state index contributed by atoms with van der Waals surface area (Å²) >= 11 is 3.41. The van der Waals surface area contributed by atoms with Gasteiger partial charge in [-0.05, 0) is 6.07 Å².